The third kappa shape index (κ3) is 3.46. The zero-order valence-electron chi connectivity index (χ0n) is 12.9. The van der Waals surface area contributed by atoms with E-state index in [-0.39, 0.29) is 5.91 Å². The van der Waals surface area contributed by atoms with Crippen LogP contribution in [-0.2, 0) is 0 Å². The van der Waals surface area contributed by atoms with Crippen molar-refractivity contribution in [3.63, 3.8) is 0 Å². The number of ether oxygens (including phenoxy) is 1. The second-order valence-corrected chi connectivity index (χ2v) is 4.87. The highest BCUT2D eigenvalue weighted by Gasteiger charge is 2.07. The van der Waals surface area contributed by atoms with E-state index in [0.29, 0.717) is 5.56 Å². The minimum atomic E-state index is -0.325. The maximum absolute atomic E-state index is 11.9. The van der Waals surface area contributed by atoms with Crippen molar-refractivity contribution >= 4 is 12.1 Å². The number of hydrogen-bond acceptors (Lipinski definition) is 5. The summed E-state index contributed by atoms with van der Waals surface area (Å²) in [6.45, 7) is 0. The molecule has 1 aromatic carbocycles. The third-order valence-corrected chi connectivity index (χ3v) is 3.34. The van der Waals surface area contributed by atoms with E-state index in [1.807, 2.05) is 24.3 Å². The van der Waals surface area contributed by atoms with Gasteiger partial charge < -0.3 is 4.74 Å². The largest absolute Gasteiger partial charge is 0.497 e. The Hall–Kier alpha value is -3.48. The standard InChI is InChI=1S/C17H15N5O2/c1-24-15-6-4-12(5-7-15)16-14(10-19-21-16)11-20-22-17(23)13-3-2-8-18-9-13/h2-11H,1H3,(H,19,21)(H,22,23)/b20-11+. The summed E-state index contributed by atoms with van der Waals surface area (Å²) in [4.78, 5) is 15.8. The van der Waals surface area contributed by atoms with Crippen molar-refractivity contribution in [2.24, 2.45) is 5.10 Å². The van der Waals surface area contributed by atoms with Gasteiger partial charge in [0.25, 0.3) is 5.91 Å². The maximum atomic E-state index is 11.9. The van der Waals surface area contributed by atoms with Crippen molar-refractivity contribution in [2.45, 2.75) is 0 Å². The number of hydrogen-bond donors (Lipinski definition) is 2. The van der Waals surface area contributed by atoms with Gasteiger partial charge >= 0.3 is 0 Å². The summed E-state index contributed by atoms with van der Waals surface area (Å²) in [5, 5.41) is 10.9. The molecule has 0 bridgehead atoms. The molecule has 0 saturated heterocycles. The first-order valence-corrected chi connectivity index (χ1v) is 7.19. The average Bonchev–Trinajstić information content (AvgIpc) is 3.11. The van der Waals surface area contributed by atoms with E-state index in [4.69, 9.17) is 4.74 Å². The fourth-order valence-electron chi connectivity index (χ4n) is 2.10. The molecule has 3 rings (SSSR count). The first kappa shape index (κ1) is 15.4. The van der Waals surface area contributed by atoms with Crippen LogP contribution in [0.4, 0.5) is 0 Å². The quantitative estimate of drug-likeness (QED) is 0.557. The number of pyridine rings is 1. The Bertz CT molecular complexity index is 841. The fourth-order valence-corrected chi connectivity index (χ4v) is 2.10. The predicted molar refractivity (Wildman–Crippen MR) is 89.9 cm³/mol. The number of nitrogens with one attached hydrogen (secondary N) is 2. The molecule has 120 valence electrons. The highest BCUT2D eigenvalue weighted by molar-refractivity contribution is 5.95. The molecule has 0 aliphatic heterocycles. The molecule has 0 radical (unpaired) electrons. The molecule has 0 atom stereocenters. The van der Waals surface area contributed by atoms with Crippen molar-refractivity contribution < 1.29 is 9.53 Å². The molecular weight excluding hydrogens is 306 g/mol. The number of H-pyrrole nitrogens is 1. The zero-order valence-corrected chi connectivity index (χ0v) is 12.9. The number of benzene rings is 1. The van der Waals surface area contributed by atoms with E-state index in [2.05, 4.69) is 25.7 Å². The Morgan fingerprint density at radius 3 is 2.79 bits per heavy atom. The molecule has 1 amide bonds. The van der Waals surface area contributed by atoms with E-state index in [0.717, 1.165) is 22.6 Å². The first-order chi connectivity index (χ1) is 11.8. The Morgan fingerprint density at radius 2 is 2.08 bits per heavy atom. The van der Waals surface area contributed by atoms with Crippen LogP contribution in [0.5, 0.6) is 5.75 Å². The topological polar surface area (TPSA) is 92.3 Å². The smallest absolute Gasteiger partial charge is 0.272 e. The molecule has 0 spiro atoms. The minimum absolute atomic E-state index is 0.325. The van der Waals surface area contributed by atoms with Crippen molar-refractivity contribution in [3.8, 4) is 17.0 Å². The van der Waals surface area contributed by atoms with Gasteiger partial charge in [0, 0.05) is 23.5 Å². The summed E-state index contributed by atoms with van der Waals surface area (Å²) >= 11 is 0. The van der Waals surface area contributed by atoms with Crippen LogP contribution >= 0.6 is 0 Å². The number of nitrogens with zero attached hydrogens (tertiary/aromatic N) is 3. The van der Waals surface area contributed by atoms with Crippen LogP contribution in [0.25, 0.3) is 11.3 Å². The monoisotopic (exact) mass is 321 g/mol. The molecule has 3 aromatic rings. The molecule has 0 unspecified atom stereocenters. The summed E-state index contributed by atoms with van der Waals surface area (Å²) in [5.74, 6) is 0.450. The lowest BCUT2D eigenvalue weighted by molar-refractivity contribution is 0.0955. The molecule has 2 heterocycles. The Labute approximate surface area is 138 Å². The summed E-state index contributed by atoms with van der Waals surface area (Å²) in [6, 6.07) is 10.9. The van der Waals surface area contributed by atoms with Gasteiger partial charge in [-0.2, -0.15) is 10.2 Å². The molecule has 0 aliphatic rings. The molecule has 2 N–H and O–H groups in total. The normalized spacial score (nSPS) is 10.7. The highest BCUT2D eigenvalue weighted by Crippen LogP contribution is 2.22. The SMILES string of the molecule is COc1ccc(-c2[nH]ncc2/C=N/NC(=O)c2cccnc2)cc1. The molecule has 0 saturated carbocycles. The maximum Gasteiger partial charge on any atom is 0.272 e. The fraction of sp³-hybridized carbons (Fsp3) is 0.0588. The molecule has 0 fully saturated rings. The van der Waals surface area contributed by atoms with Crippen molar-refractivity contribution in [2.75, 3.05) is 7.11 Å². The van der Waals surface area contributed by atoms with Gasteiger partial charge in [-0.05, 0) is 36.4 Å². The van der Waals surface area contributed by atoms with E-state index >= 15 is 0 Å². The van der Waals surface area contributed by atoms with E-state index < -0.39 is 0 Å². The molecule has 7 nitrogen and oxygen atoms in total. The van der Waals surface area contributed by atoms with E-state index in [1.165, 1.54) is 12.4 Å². The summed E-state index contributed by atoms with van der Waals surface area (Å²) in [5.41, 5.74) is 5.40. The molecule has 24 heavy (non-hydrogen) atoms. The van der Waals surface area contributed by atoms with Crippen molar-refractivity contribution in [1.29, 1.82) is 0 Å². The van der Waals surface area contributed by atoms with Crippen molar-refractivity contribution in [3.05, 3.63) is 66.1 Å². The van der Waals surface area contributed by atoms with Gasteiger partial charge in [0.15, 0.2) is 0 Å². The Balaban J connectivity index is 1.72. The lowest BCUT2D eigenvalue weighted by Gasteiger charge is -2.02. The number of hydrazone groups is 1. The van der Waals surface area contributed by atoms with Crippen molar-refractivity contribution in [1.82, 2.24) is 20.6 Å². The second-order valence-electron chi connectivity index (χ2n) is 4.87. The highest BCUT2D eigenvalue weighted by atomic mass is 16.5. The van der Waals surface area contributed by atoms with Gasteiger partial charge in [0.2, 0.25) is 0 Å². The number of carbonyl (C=O) groups is 1. The summed E-state index contributed by atoms with van der Waals surface area (Å²) in [7, 11) is 1.62. The van der Waals surface area contributed by atoms with Crippen LogP contribution in [0.3, 0.4) is 0 Å². The molecule has 2 aromatic heterocycles. The van der Waals surface area contributed by atoms with Gasteiger partial charge in [-0.1, -0.05) is 0 Å². The second kappa shape index (κ2) is 7.19. The van der Waals surface area contributed by atoms with Crippen LogP contribution in [0, 0.1) is 0 Å². The van der Waals surface area contributed by atoms with Crippen LogP contribution in [0.15, 0.2) is 60.1 Å². The summed E-state index contributed by atoms with van der Waals surface area (Å²) in [6.07, 6.45) is 6.26. The zero-order chi connectivity index (χ0) is 16.8. The van der Waals surface area contributed by atoms with Gasteiger partial charge in [-0.15, -0.1) is 0 Å². The first-order valence-electron chi connectivity index (χ1n) is 7.19. The van der Waals surface area contributed by atoms with E-state index in [1.54, 1.807) is 31.6 Å². The van der Waals surface area contributed by atoms with Gasteiger partial charge in [0.05, 0.1) is 30.8 Å². The number of carbonyl (C=O) groups excluding carboxylic acids is 1. The van der Waals surface area contributed by atoms with Crippen LogP contribution in [-0.4, -0.2) is 34.4 Å². The molecule has 7 heteroatoms. The Morgan fingerprint density at radius 1 is 1.25 bits per heavy atom. The lowest BCUT2D eigenvalue weighted by Crippen LogP contribution is -2.17. The van der Waals surface area contributed by atoms with Gasteiger partial charge in [-0.25, -0.2) is 5.43 Å². The van der Waals surface area contributed by atoms with Crippen LogP contribution in [0.2, 0.25) is 0 Å². The third-order valence-electron chi connectivity index (χ3n) is 3.34. The molecule has 0 aliphatic carbocycles. The van der Waals surface area contributed by atoms with Gasteiger partial charge in [0.1, 0.15) is 5.75 Å². The number of rotatable bonds is 5. The average molecular weight is 321 g/mol. The van der Waals surface area contributed by atoms with Gasteiger partial charge in [-0.3, -0.25) is 14.9 Å². The van der Waals surface area contributed by atoms with Crippen LogP contribution in [0.1, 0.15) is 15.9 Å². The number of methoxy groups -OCH3 is 1. The van der Waals surface area contributed by atoms with Crippen LogP contribution < -0.4 is 10.2 Å². The number of amides is 1. The Kier molecular flexibility index (Phi) is 4.62. The summed E-state index contributed by atoms with van der Waals surface area (Å²) < 4.78 is 5.15. The van der Waals surface area contributed by atoms with E-state index in [9.17, 15) is 4.79 Å². The predicted octanol–water partition coefficient (Wildman–Crippen LogP) is 2.24. The lowest BCUT2D eigenvalue weighted by atomic mass is 10.1. The minimum Gasteiger partial charge on any atom is -0.497 e. The number of aromatic amines is 1. The molecular formula is C17H15N5O2. The number of aromatic nitrogens is 3.